The molecule has 4 rings (SSSR count). The summed E-state index contributed by atoms with van der Waals surface area (Å²) in [5.74, 6) is 1.06. The Morgan fingerprint density at radius 2 is 1.69 bits per heavy atom. The summed E-state index contributed by atoms with van der Waals surface area (Å²) in [6.45, 7) is 0. The number of hydrogen-bond acceptors (Lipinski definition) is 6. The van der Waals surface area contributed by atoms with Crippen molar-refractivity contribution in [1.82, 2.24) is 15.6 Å². The minimum atomic E-state index is -0.410. The topological polar surface area (TPSA) is 97.8 Å². The maximum atomic E-state index is 12.5. The average Bonchev–Trinajstić information content (AvgIpc) is 3.33. The molecule has 1 aromatic heterocycles. The van der Waals surface area contributed by atoms with E-state index in [-0.39, 0.29) is 0 Å². The van der Waals surface area contributed by atoms with Crippen molar-refractivity contribution in [2.75, 3.05) is 21.3 Å². The van der Waals surface area contributed by atoms with Gasteiger partial charge in [-0.3, -0.25) is 9.89 Å². The van der Waals surface area contributed by atoms with E-state index in [2.05, 4.69) is 20.7 Å². The first-order valence-electron chi connectivity index (χ1n) is 9.81. The van der Waals surface area contributed by atoms with Gasteiger partial charge < -0.3 is 14.2 Å². The Kier molecular flexibility index (Phi) is 6.03. The molecule has 0 aliphatic heterocycles. The number of nitrogens with one attached hydrogen (secondary N) is 2. The molecule has 0 saturated carbocycles. The van der Waals surface area contributed by atoms with Crippen molar-refractivity contribution in [3.63, 3.8) is 0 Å². The zero-order chi connectivity index (χ0) is 22.5. The number of hydrazone groups is 1. The number of methoxy groups -OCH3 is 3. The van der Waals surface area contributed by atoms with Crippen molar-refractivity contribution in [3.8, 4) is 28.5 Å². The van der Waals surface area contributed by atoms with Crippen LogP contribution >= 0.6 is 0 Å². The molecule has 1 heterocycles. The van der Waals surface area contributed by atoms with Crippen molar-refractivity contribution in [3.05, 3.63) is 71.9 Å². The van der Waals surface area contributed by atoms with E-state index in [9.17, 15) is 4.79 Å². The minimum absolute atomic E-state index is 0.301. The molecule has 8 heteroatoms. The minimum Gasteiger partial charge on any atom is -0.493 e. The van der Waals surface area contributed by atoms with Crippen LogP contribution in [0.4, 0.5) is 0 Å². The van der Waals surface area contributed by atoms with Gasteiger partial charge in [0.25, 0.3) is 5.91 Å². The molecule has 0 fully saturated rings. The highest BCUT2D eigenvalue weighted by molar-refractivity contribution is 5.98. The first-order chi connectivity index (χ1) is 15.6. The van der Waals surface area contributed by atoms with Gasteiger partial charge in [0.05, 0.1) is 33.2 Å². The number of hydrogen-bond donors (Lipinski definition) is 2. The molecule has 0 bridgehead atoms. The van der Waals surface area contributed by atoms with Gasteiger partial charge in [-0.05, 0) is 29.0 Å². The fourth-order valence-corrected chi connectivity index (χ4v) is 3.43. The summed E-state index contributed by atoms with van der Waals surface area (Å²) in [6, 6.07) is 19.2. The van der Waals surface area contributed by atoms with Gasteiger partial charge in [0.1, 0.15) is 5.69 Å². The van der Waals surface area contributed by atoms with Crippen LogP contribution in [0.3, 0.4) is 0 Å². The van der Waals surface area contributed by atoms with Crippen LogP contribution in [0.25, 0.3) is 22.0 Å². The average molecular weight is 430 g/mol. The molecule has 162 valence electrons. The third-order valence-electron chi connectivity index (χ3n) is 4.95. The van der Waals surface area contributed by atoms with Crippen molar-refractivity contribution >= 4 is 22.9 Å². The fraction of sp³-hybridized carbons (Fsp3) is 0.125. The number of rotatable bonds is 7. The number of nitrogens with zero attached hydrogens (tertiary/aromatic N) is 2. The van der Waals surface area contributed by atoms with Crippen LogP contribution in [0.15, 0.2) is 65.8 Å². The Hall–Kier alpha value is -4.33. The van der Waals surface area contributed by atoms with E-state index in [1.54, 1.807) is 18.2 Å². The van der Waals surface area contributed by atoms with Gasteiger partial charge in [-0.1, -0.05) is 42.5 Å². The van der Waals surface area contributed by atoms with Crippen LogP contribution in [-0.4, -0.2) is 43.6 Å². The highest BCUT2D eigenvalue weighted by Crippen LogP contribution is 2.37. The Labute approximate surface area is 184 Å². The van der Waals surface area contributed by atoms with Crippen LogP contribution in [0, 0.1) is 0 Å². The molecule has 2 N–H and O–H groups in total. The van der Waals surface area contributed by atoms with Crippen LogP contribution in [0.1, 0.15) is 16.1 Å². The molecule has 0 unspecified atom stereocenters. The number of aromatic nitrogens is 2. The summed E-state index contributed by atoms with van der Waals surface area (Å²) >= 11 is 0. The fourth-order valence-electron chi connectivity index (χ4n) is 3.43. The molecule has 0 saturated heterocycles. The smallest absolute Gasteiger partial charge is 0.289 e. The van der Waals surface area contributed by atoms with Crippen LogP contribution in [-0.2, 0) is 0 Å². The summed E-state index contributed by atoms with van der Waals surface area (Å²) in [6.07, 6.45) is 1.49. The molecule has 0 radical (unpaired) electrons. The molecular weight excluding hydrogens is 408 g/mol. The van der Waals surface area contributed by atoms with E-state index in [1.165, 1.54) is 27.5 Å². The third-order valence-corrected chi connectivity index (χ3v) is 4.95. The second kappa shape index (κ2) is 9.22. The summed E-state index contributed by atoms with van der Waals surface area (Å²) < 4.78 is 16.0. The van der Waals surface area contributed by atoms with Gasteiger partial charge in [0.2, 0.25) is 5.75 Å². The normalized spacial score (nSPS) is 11.0. The number of fused-ring (bicyclic) bond motifs is 1. The number of amides is 1. The van der Waals surface area contributed by atoms with Crippen molar-refractivity contribution in [2.24, 2.45) is 5.10 Å². The SMILES string of the molecule is COc1cc(/C=N\NC(=O)c2cc(-c3cccc4ccccc34)n[nH]2)cc(OC)c1OC. The number of aromatic amines is 1. The zero-order valence-corrected chi connectivity index (χ0v) is 17.9. The maximum absolute atomic E-state index is 12.5. The highest BCUT2D eigenvalue weighted by atomic mass is 16.5. The summed E-state index contributed by atoms with van der Waals surface area (Å²) in [7, 11) is 4.60. The molecule has 0 aliphatic carbocycles. The van der Waals surface area contributed by atoms with Crippen LogP contribution in [0.5, 0.6) is 17.2 Å². The van der Waals surface area contributed by atoms with E-state index in [0.717, 1.165) is 16.3 Å². The lowest BCUT2D eigenvalue weighted by molar-refractivity contribution is 0.0950. The molecule has 0 atom stereocenters. The predicted molar refractivity (Wildman–Crippen MR) is 123 cm³/mol. The number of carbonyl (C=O) groups excluding carboxylic acids is 1. The Morgan fingerprint density at radius 3 is 2.41 bits per heavy atom. The lowest BCUT2D eigenvalue weighted by atomic mass is 10.0. The van der Waals surface area contributed by atoms with Gasteiger partial charge in [-0.15, -0.1) is 0 Å². The molecule has 1 amide bonds. The van der Waals surface area contributed by atoms with Gasteiger partial charge >= 0.3 is 0 Å². The number of benzene rings is 3. The summed E-state index contributed by atoms with van der Waals surface area (Å²) in [4.78, 5) is 12.5. The predicted octanol–water partition coefficient (Wildman–Crippen LogP) is 4.02. The lowest BCUT2D eigenvalue weighted by Crippen LogP contribution is -2.18. The van der Waals surface area contributed by atoms with E-state index in [1.807, 2.05) is 42.5 Å². The molecule has 0 aliphatic rings. The Morgan fingerprint density at radius 1 is 0.969 bits per heavy atom. The van der Waals surface area contributed by atoms with Gasteiger partial charge in [0, 0.05) is 11.1 Å². The largest absolute Gasteiger partial charge is 0.493 e. The molecule has 3 aromatic carbocycles. The van der Waals surface area contributed by atoms with Gasteiger partial charge in [-0.2, -0.15) is 10.2 Å². The molecule has 32 heavy (non-hydrogen) atoms. The zero-order valence-electron chi connectivity index (χ0n) is 17.9. The number of ether oxygens (including phenoxy) is 3. The van der Waals surface area contributed by atoms with Crippen molar-refractivity contribution < 1.29 is 19.0 Å². The number of carbonyl (C=O) groups is 1. The van der Waals surface area contributed by atoms with Crippen LogP contribution < -0.4 is 19.6 Å². The summed E-state index contributed by atoms with van der Waals surface area (Å²) in [5.41, 5.74) is 5.09. The second-order valence-corrected chi connectivity index (χ2v) is 6.85. The number of H-pyrrole nitrogens is 1. The Balaban J connectivity index is 1.51. The quantitative estimate of drug-likeness (QED) is 0.341. The first-order valence-corrected chi connectivity index (χ1v) is 9.81. The summed E-state index contributed by atoms with van der Waals surface area (Å²) in [5, 5.41) is 13.3. The van der Waals surface area contributed by atoms with E-state index in [0.29, 0.717) is 34.2 Å². The van der Waals surface area contributed by atoms with Gasteiger partial charge in [0.15, 0.2) is 11.5 Å². The van der Waals surface area contributed by atoms with Crippen molar-refractivity contribution in [2.45, 2.75) is 0 Å². The molecule has 8 nitrogen and oxygen atoms in total. The second-order valence-electron chi connectivity index (χ2n) is 6.85. The lowest BCUT2D eigenvalue weighted by Gasteiger charge is -2.12. The van der Waals surface area contributed by atoms with E-state index >= 15 is 0 Å². The molecule has 0 spiro atoms. The van der Waals surface area contributed by atoms with Gasteiger partial charge in [-0.25, -0.2) is 5.43 Å². The molecular formula is C24H22N4O4. The van der Waals surface area contributed by atoms with Crippen molar-refractivity contribution in [1.29, 1.82) is 0 Å². The Bertz CT molecular complexity index is 1270. The van der Waals surface area contributed by atoms with E-state index in [4.69, 9.17) is 14.2 Å². The van der Waals surface area contributed by atoms with Crippen LogP contribution in [0.2, 0.25) is 0 Å². The van der Waals surface area contributed by atoms with E-state index < -0.39 is 5.91 Å². The third kappa shape index (κ3) is 4.11. The highest BCUT2D eigenvalue weighted by Gasteiger charge is 2.14. The maximum Gasteiger partial charge on any atom is 0.289 e. The molecule has 4 aromatic rings. The standard InChI is InChI=1S/C24H22N4O4/c1-30-21-11-15(12-22(31-2)23(21)32-3)14-25-28-24(29)20-13-19(26-27-20)18-10-6-8-16-7-4-5-9-17(16)18/h4-14H,1-3H3,(H,26,27)(H,28,29)/b25-14-. The monoisotopic (exact) mass is 430 g/mol. The first kappa shape index (κ1) is 20.9.